The molecule has 2 unspecified atom stereocenters. The van der Waals surface area contributed by atoms with Crippen LogP contribution in [-0.2, 0) is 4.79 Å². The van der Waals surface area contributed by atoms with Gasteiger partial charge in [-0.3, -0.25) is 15.2 Å². The predicted octanol–water partition coefficient (Wildman–Crippen LogP) is 5.33. The van der Waals surface area contributed by atoms with Crippen molar-refractivity contribution < 1.29 is 4.79 Å². The number of rotatable bonds is 3. The Morgan fingerprint density at radius 1 is 0.929 bits per heavy atom. The predicted molar refractivity (Wildman–Crippen MR) is 114 cm³/mol. The molecule has 1 aliphatic heterocycles. The summed E-state index contributed by atoms with van der Waals surface area (Å²) in [7, 11) is 0. The molecular formula is C22H16ClN3OS. The third-order valence-corrected chi connectivity index (χ3v) is 6.20. The van der Waals surface area contributed by atoms with Gasteiger partial charge < -0.3 is 0 Å². The number of fused-ring (bicyclic) bond motifs is 1. The molecule has 0 spiro atoms. The SMILES string of the molecule is O=C1NN(c2nc3ccc(Cl)cc3s2)C(c2ccccc2)C1c1ccccc1. The molecule has 5 rings (SSSR count). The summed E-state index contributed by atoms with van der Waals surface area (Å²) < 4.78 is 0.992. The number of hydrogen-bond acceptors (Lipinski definition) is 4. The van der Waals surface area contributed by atoms with E-state index in [0.29, 0.717) is 5.02 Å². The zero-order chi connectivity index (χ0) is 19.1. The van der Waals surface area contributed by atoms with Gasteiger partial charge in [0.2, 0.25) is 11.0 Å². The first-order valence-corrected chi connectivity index (χ1v) is 10.2. The molecular weight excluding hydrogens is 390 g/mol. The molecule has 0 bridgehead atoms. The molecule has 0 aliphatic carbocycles. The lowest BCUT2D eigenvalue weighted by Crippen LogP contribution is -2.34. The summed E-state index contributed by atoms with van der Waals surface area (Å²) in [6.07, 6.45) is 0. The Morgan fingerprint density at radius 3 is 2.32 bits per heavy atom. The maximum Gasteiger partial charge on any atom is 0.248 e. The number of nitrogens with zero attached hydrogens (tertiary/aromatic N) is 2. The van der Waals surface area contributed by atoms with Crippen LogP contribution in [0.3, 0.4) is 0 Å². The fourth-order valence-electron chi connectivity index (χ4n) is 3.69. The number of hydrogen-bond donors (Lipinski definition) is 1. The summed E-state index contributed by atoms with van der Waals surface area (Å²) in [5, 5.41) is 3.32. The normalized spacial score (nSPS) is 19.2. The molecule has 4 aromatic rings. The molecule has 4 nitrogen and oxygen atoms in total. The smallest absolute Gasteiger partial charge is 0.248 e. The molecule has 138 valence electrons. The quantitative estimate of drug-likeness (QED) is 0.501. The molecule has 0 saturated carbocycles. The molecule has 0 radical (unpaired) electrons. The van der Waals surface area contributed by atoms with Crippen molar-refractivity contribution in [3.05, 3.63) is 95.0 Å². The Morgan fingerprint density at radius 2 is 1.61 bits per heavy atom. The van der Waals surface area contributed by atoms with Gasteiger partial charge in [-0.15, -0.1) is 0 Å². The van der Waals surface area contributed by atoms with Gasteiger partial charge in [0.25, 0.3) is 0 Å². The lowest BCUT2D eigenvalue weighted by atomic mass is 9.88. The summed E-state index contributed by atoms with van der Waals surface area (Å²) in [6.45, 7) is 0. The molecule has 28 heavy (non-hydrogen) atoms. The van der Waals surface area contributed by atoms with Gasteiger partial charge in [-0.1, -0.05) is 83.6 Å². The van der Waals surface area contributed by atoms with Crippen LogP contribution in [0.25, 0.3) is 10.2 Å². The van der Waals surface area contributed by atoms with Crippen molar-refractivity contribution in [3.63, 3.8) is 0 Å². The number of hydrazine groups is 1. The molecule has 1 aliphatic rings. The summed E-state index contributed by atoms with van der Waals surface area (Å²) >= 11 is 7.66. The minimum Gasteiger partial charge on any atom is -0.272 e. The first-order chi connectivity index (χ1) is 13.7. The standard InChI is InChI=1S/C22H16ClN3OS/c23-16-11-12-17-18(13-16)28-22(24-17)26-20(15-9-5-2-6-10-15)19(21(27)25-26)14-7-3-1-4-8-14/h1-13,19-20H,(H,25,27). The number of carbonyl (C=O) groups excluding carboxylic acids is 1. The lowest BCUT2D eigenvalue weighted by molar-refractivity contribution is -0.120. The van der Waals surface area contributed by atoms with Gasteiger partial charge in [-0.05, 0) is 29.3 Å². The number of amides is 1. The molecule has 2 atom stereocenters. The van der Waals surface area contributed by atoms with Crippen molar-refractivity contribution >= 4 is 44.2 Å². The highest BCUT2D eigenvalue weighted by Gasteiger charge is 2.44. The second kappa shape index (κ2) is 6.93. The van der Waals surface area contributed by atoms with Crippen molar-refractivity contribution in [3.8, 4) is 0 Å². The Balaban J connectivity index is 1.64. The van der Waals surface area contributed by atoms with Crippen molar-refractivity contribution in [2.24, 2.45) is 0 Å². The number of carbonyl (C=O) groups is 1. The number of halogens is 1. The number of aromatic nitrogens is 1. The van der Waals surface area contributed by atoms with Gasteiger partial charge in [0.15, 0.2) is 0 Å². The monoisotopic (exact) mass is 405 g/mol. The molecule has 2 heterocycles. The van der Waals surface area contributed by atoms with E-state index in [1.807, 2.05) is 71.7 Å². The van der Waals surface area contributed by atoms with E-state index >= 15 is 0 Å². The highest BCUT2D eigenvalue weighted by molar-refractivity contribution is 7.22. The van der Waals surface area contributed by atoms with E-state index in [9.17, 15) is 4.79 Å². The minimum absolute atomic E-state index is 0.0302. The fraction of sp³-hybridized carbons (Fsp3) is 0.0909. The van der Waals surface area contributed by atoms with E-state index in [2.05, 4.69) is 17.6 Å². The number of benzene rings is 3. The van der Waals surface area contributed by atoms with Crippen LogP contribution in [0.1, 0.15) is 23.1 Å². The van der Waals surface area contributed by atoms with Crippen molar-refractivity contribution in [2.75, 3.05) is 5.01 Å². The molecule has 1 saturated heterocycles. The van der Waals surface area contributed by atoms with Crippen LogP contribution >= 0.6 is 22.9 Å². The summed E-state index contributed by atoms with van der Waals surface area (Å²) in [5.41, 5.74) is 5.97. The summed E-state index contributed by atoms with van der Waals surface area (Å²) in [6, 6.07) is 25.4. The minimum atomic E-state index is -0.320. The van der Waals surface area contributed by atoms with Crippen molar-refractivity contribution in [2.45, 2.75) is 12.0 Å². The highest BCUT2D eigenvalue weighted by Crippen LogP contribution is 2.44. The van der Waals surface area contributed by atoms with Crippen LogP contribution in [-0.4, -0.2) is 10.9 Å². The first kappa shape index (κ1) is 17.2. The zero-order valence-electron chi connectivity index (χ0n) is 14.7. The van der Waals surface area contributed by atoms with E-state index < -0.39 is 0 Å². The third kappa shape index (κ3) is 2.93. The van der Waals surface area contributed by atoms with Gasteiger partial charge in [0.05, 0.1) is 22.2 Å². The Labute approximate surface area is 171 Å². The largest absolute Gasteiger partial charge is 0.272 e. The highest BCUT2D eigenvalue weighted by atomic mass is 35.5. The topological polar surface area (TPSA) is 45.2 Å². The van der Waals surface area contributed by atoms with Gasteiger partial charge in [-0.25, -0.2) is 4.98 Å². The van der Waals surface area contributed by atoms with Crippen LogP contribution < -0.4 is 10.4 Å². The van der Waals surface area contributed by atoms with Gasteiger partial charge in [0.1, 0.15) is 0 Å². The first-order valence-electron chi connectivity index (χ1n) is 8.96. The number of nitrogens with one attached hydrogen (secondary N) is 1. The average Bonchev–Trinajstić information content (AvgIpc) is 3.29. The Hall–Kier alpha value is -2.89. The Bertz CT molecular complexity index is 1150. The molecule has 1 fully saturated rings. The molecule has 3 aromatic carbocycles. The van der Waals surface area contributed by atoms with Gasteiger partial charge in [-0.2, -0.15) is 0 Å². The molecule has 6 heteroatoms. The Kier molecular flexibility index (Phi) is 4.26. The van der Waals surface area contributed by atoms with Gasteiger partial charge >= 0.3 is 0 Å². The second-order valence-electron chi connectivity index (χ2n) is 6.70. The summed E-state index contributed by atoms with van der Waals surface area (Å²) in [4.78, 5) is 17.8. The van der Waals surface area contributed by atoms with Crippen molar-refractivity contribution in [1.82, 2.24) is 10.4 Å². The second-order valence-corrected chi connectivity index (χ2v) is 8.14. The third-order valence-electron chi connectivity index (χ3n) is 4.95. The molecule has 1 aromatic heterocycles. The van der Waals surface area contributed by atoms with E-state index in [1.165, 1.54) is 11.3 Å². The maximum atomic E-state index is 13.0. The molecule has 1 N–H and O–H groups in total. The van der Waals surface area contributed by atoms with Crippen LogP contribution in [0.5, 0.6) is 0 Å². The fourth-order valence-corrected chi connectivity index (χ4v) is 4.93. The van der Waals surface area contributed by atoms with Crippen molar-refractivity contribution in [1.29, 1.82) is 0 Å². The van der Waals surface area contributed by atoms with E-state index in [1.54, 1.807) is 0 Å². The average molecular weight is 406 g/mol. The van der Waals surface area contributed by atoms with Crippen LogP contribution in [0.4, 0.5) is 5.13 Å². The van der Waals surface area contributed by atoms with Crippen LogP contribution in [0.2, 0.25) is 5.02 Å². The van der Waals surface area contributed by atoms with E-state index in [-0.39, 0.29) is 17.9 Å². The van der Waals surface area contributed by atoms with Crippen LogP contribution in [0.15, 0.2) is 78.9 Å². The maximum absolute atomic E-state index is 13.0. The van der Waals surface area contributed by atoms with E-state index in [0.717, 1.165) is 26.5 Å². The molecule has 1 amide bonds. The van der Waals surface area contributed by atoms with E-state index in [4.69, 9.17) is 16.6 Å². The number of anilines is 1. The number of thiazole rings is 1. The summed E-state index contributed by atoms with van der Waals surface area (Å²) in [5.74, 6) is -0.350. The zero-order valence-corrected chi connectivity index (χ0v) is 16.3. The van der Waals surface area contributed by atoms with Gasteiger partial charge in [0, 0.05) is 5.02 Å². The van der Waals surface area contributed by atoms with Crippen LogP contribution in [0, 0.1) is 0 Å². The lowest BCUT2D eigenvalue weighted by Gasteiger charge is -2.26.